The second-order valence-electron chi connectivity index (χ2n) is 4.28. The second-order valence-corrected chi connectivity index (χ2v) is 5.22. The van der Waals surface area contributed by atoms with Crippen molar-refractivity contribution in [3.63, 3.8) is 0 Å². The number of rotatable bonds is 6. The quantitative estimate of drug-likeness (QED) is 0.513. The van der Waals surface area contributed by atoms with E-state index >= 15 is 0 Å². The number of thioether (sulfide) groups is 1. The van der Waals surface area contributed by atoms with Crippen LogP contribution in [0.3, 0.4) is 0 Å². The van der Waals surface area contributed by atoms with E-state index in [-0.39, 0.29) is 5.78 Å². The molecular weight excluding hydrogens is 288 g/mol. The fourth-order valence-electron chi connectivity index (χ4n) is 1.79. The molecule has 0 saturated heterocycles. The van der Waals surface area contributed by atoms with Gasteiger partial charge in [-0.25, -0.2) is 4.68 Å². The van der Waals surface area contributed by atoms with Crippen molar-refractivity contribution in [3.8, 4) is 0 Å². The van der Waals surface area contributed by atoms with Crippen molar-refractivity contribution in [2.24, 2.45) is 0 Å². The molecule has 0 fully saturated rings. The van der Waals surface area contributed by atoms with Crippen LogP contribution in [0.1, 0.15) is 16.1 Å². The van der Waals surface area contributed by atoms with Crippen LogP contribution in [0.25, 0.3) is 0 Å². The first-order valence-corrected chi connectivity index (χ1v) is 7.31. The van der Waals surface area contributed by atoms with Crippen molar-refractivity contribution in [2.45, 2.75) is 11.7 Å². The van der Waals surface area contributed by atoms with Crippen molar-refractivity contribution in [1.82, 2.24) is 20.2 Å². The lowest BCUT2D eigenvalue weighted by atomic mass is 10.2. The van der Waals surface area contributed by atoms with Crippen molar-refractivity contribution < 1.29 is 9.21 Å². The van der Waals surface area contributed by atoms with Crippen molar-refractivity contribution in [3.05, 3.63) is 60.1 Å². The molecule has 0 aliphatic carbocycles. The lowest BCUT2D eigenvalue weighted by molar-refractivity contribution is 0.102. The Morgan fingerprint density at radius 2 is 2.05 bits per heavy atom. The van der Waals surface area contributed by atoms with Crippen LogP contribution in [-0.4, -0.2) is 31.7 Å². The molecule has 3 aromatic rings. The van der Waals surface area contributed by atoms with Crippen LogP contribution in [-0.2, 0) is 6.54 Å². The maximum Gasteiger partial charge on any atom is 0.210 e. The van der Waals surface area contributed by atoms with Gasteiger partial charge >= 0.3 is 0 Å². The Bertz CT molecular complexity index is 710. The van der Waals surface area contributed by atoms with Gasteiger partial charge in [0, 0.05) is 5.56 Å². The van der Waals surface area contributed by atoms with Gasteiger partial charge in [-0.3, -0.25) is 4.79 Å². The molecule has 0 saturated carbocycles. The normalized spacial score (nSPS) is 10.7. The summed E-state index contributed by atoms with van der Waals surface area (Å²) in [6.45, 7) is 0.446. The summed E-state index contributed by atoms with van der Waals surface area (Å²) in [6.07, 6.45) is 1.60. The summed E-state index contributed by atoms with van der Waals surface area (Å²) < 4.78 is 6.88. The molecule has 0 amide bonds. The number of aromatic nitrogens is 4. The van der Waals surface area contributed by atoms with E-state index < -0.39 is 0 Å². The van der Waals surface area contributed by atoms with Gasteiger partial charge < -0.3 is 4.42 Å². The van der Waals surface area contributed by atoms with Gasteiger partial charge in [-0.05, 0) is 22.6 Å². The number of ketones is 1. The Kier molecular flexibility index (Phi) is 4.11. The largest absolute Gasteiger partial charge is 0.467 e. The van der Waals surface area contributed by atoms with Crippen LogP contribution in [0.4, 0.5) is 0 Å². The fraction of sp³-hybridized carbons (Fsp3) is 0.143. The smallest absolute Gasteiger partial charge is 0.210 e. The first-order chi connectivity index (χ1) is 10.3. The minimum absolute atomic E-state index is 0.0492. The molecule has 21 heavy (non-hydrogen) atoms. The molecule has 0 radical (unpaired) electrons. The third kappa shape index (κ3) is 3.38. The maximum atomic E-state index is 12.1. The fourth-order valence-corrected chi connectivity index (χ4v) is 2.56. The van der Waals surface area contributed by atoms with E-state index in [2.05, 4.69) is 15.5 Å². The molecular formula is C14H12N4O2S. The molecule has 0 atom stereocenters. The highest BCUT2D eigenvalue weighted by Crippen LogP contribution is 2.17. The molecule has 1 aromatic carbocycles. The maximum absolute atomic E-state index is 12.1. The first-order valence-electron chi connectivity index (χ1n) is 6.32. The lowest BCUT2D eigenvalue weighted by Crippen LogP contribution is -2.06. The van der Waals surface area contributed by atoms with Crippen LogP contribution in [0.5, 0.6) is 0 Å². The molecule has 106 valence electrons. The number of benzene rings is 1. The van der Waals surface area contributed by atoms with Crippen LogP contribution < -0.4 is 0 Å². The zero-order valence-corrected chi connectivity index (χ0v) is 11.9. The summed E-state index contributed by atoms with van der Waals surface area (Å²) in [4.78, 5) is 12.1. The number of carbonyl (C=O) groups is 1. The van der Waals surface area contributed by atoms with Gasteiger partial charge in [0.2, 0.25) is 5.16 Å². The summed E-state index contributed by atoms with van der Waals surface area (Å²) in [5, 5.41) is 12.1. The van der Waals surface area contributed by atoms with Crippen LogP contribution in [0, 0.1) is 0 Å². The van der Waals surface area contributed by atoms with Crippen molar-refractivity contribution in [1.29, 1.82) is 0 Å². The number of nitrogens with zero attached hydrogens (tertiary/aromatic N) is 4. The Hall–Kier alpha value is -2.41. The van der Waals surface area contributed by atoms with Crippen molar-refractivity contribution >= 4 is 17.5 Å². The Morgan fingerprint density at radius 3 is 2.81 bits per heavy atom. The molecule has 3 rings (SSSR count). The van der Waals surface area contributed by atoms with Gasteiger partial charge in [-0.1, -0.05) is 42.1 Å². The third-order valence-corrected chi connectivity index (χ3v) is 3.77. The standard InChI is InChI=1S/C14H12N4O2S/c19-13(11-5-2-1-3-6-11)10-21-14-15-16-17-18(14)9-12-7-4-8-20-12/h1-8H,9-10H2. The van der Waals surface area contributed by atoms with E-state index in [1.54, 1.807) is 23.1 Å². The minimum atomic E-state index is 0.0492. The van der Waals surface area contributed by atoms with E-state index in [4.69, 9.17) is 4.42 Å². The van der Waals surface area contributed by atoms with E-state index in [1.807, 2.05) is 30.3 Å². The van der Waals surface area contributed by atoms with E-state index in [9.17, 15) is 4.79 Å². The summed E-state index contributed by atoms with van der Waals surface area (Å²) in [5.41, 5.74) is 0.690. The molecule has 0 unspecified atom stereocenters. The molecule has 7 heteroatoms. The molecule has 0 N–H and O–H groups in total. The second kappa shape index (κ2) is 6.36. The van der Waals surface area contributed by atoms with Gasteiger partial charge in [0.1, 0.15) is 12.3 Å². The highest BCUT2D eigenvalue weighted by Gasteiger charge is 2.12. The average Bonchev–Trinajstić information content (AvgIpc) is 3.18. The zero-order chi connectivity index (χ0) is 14.5. The molecule has 0 aliphatic heterocycles. The summed E-state index contributed by atoms with van der Waals surface area (Å²) in [5.74, 6) is 1.11. The Labute approximate surface area is 125 Å². The molecule has 0 spiro atoms. The SMILES string of the molecule is O=C(CSc1nnnn1Cc1ccco1)c1ccccc1. The summed E-state index contributed by atoms with van der Waals surface area (Å²) >= 11 is 1.31. The summed E-state index contributed by atoms with van der Waals surface area (Å²) in [7, 11) is 0. The molecule has 2 aromatic heterocycles. The molecule has 6 nitrogen and oxygen atoms in total. The van der Waals surface area contributed by atoms with Gasteiger partial charge in [0.05, 0.1) is 12.0 Å². The van der Waals surface area contributed by atoms with Crippen LogP contribution in [0.2, 0.25) is 0 Å². The van der Waals surface area contributed by atoms with E-state index in [0.717, 1.165) is 5.76 Å². The summed E-state index contributed by atoms with van der Waals surface area (Å²) in [6, 6.07) is 12.8. The molecule has 2 heterocycles. The average molecular weight is 300 g/mol. The monoisotopic (exact) mass is 300 g/mol. The van der Waals surface area contributed by atoms with Crippen LogP contribution in [0.15, 0.2) is 58.3 Å². The number of hydrogen-bond donors (Lipinski definition) is 0. The van der Waals surface area contributed by atoms with Gasteiger partial charge in [-0.2, -0.15) is 0 Å². The van der Waals surface area contributed by atoms with Crippen molar-refractivity contribution in [2.75, 3.05) is 5.75 Å². The predicted molar refractivity (Wildman–Crippen MR) is 77.1 cm³/mol. The Morgan fingerprint density at radius 1 is 1.19 bits per heavy atom. The number of carbonyl (C=O) groups excluding carboxylic acids is 1. The number of hydrogen-bond acceptors (Lipinski definition) is 6. The minimum Gasteiger partial charge on any atom is -0.467 e. The van der Waals surface area contributed by atoms with Gasteiger partial charge in [-0.15, -0.1) is 5.10 Å². The molecule has 0 bridgehead atoms. The number of Topliss-reactive ketones (excluding diaryl/α,β-unsaturated/α-hetero) is 1. The number of furan rings is 1. The topological polar surface area (TPSA) is 73.8 Å². The molecule has 0 aliphatic rings. The van der Waals surface area contributed by atoms with E-state index in [0.29, 0.717) is 23.0 Å². The van der Waals surface area contributed by atoms with Crippen LogP contribution >= 0.6 is 11.8 Å². The lowest BCUT2D eigenvalue weighted by Gasteiger charge is -2.02. The third-order valence-electron chi connectivity index (χ3n) is 2.81. The van der Waals surface area contributed by atoms with E-state index in [1.165, 1.54) is 11.8 Å². The first kappa shape index (κ1) is 13.6. The van der Waals surface area contributed by atoms with Gasteiger partial charge in [0.25, 0.3) is 0 Å². The predicted octanol–water partition coefficient (Wildman–Crippen LogP) is 2.29. The highest BCUT2D eigenvalue weighted by atomic mass is 32.2. The number of tetrazole rings is 1. The van der Waals surface area contributed by atoms with Gasteiger partial charge in [0.15, 0.2) is 5.78 Å². The highest BCUT2D eigenvalue weighted by molar-refractivity contribution is 7.99. The zero-order valence-electron chi connectivity index (χ0n) is 11.0. The Balaban J connectivity index is 1.64.